The largest absolute Gasteiger partial charge is 0.481 e. The van der Waals surface area contributed by atoms with Gasteiger partial charge < -0.3 is 9.67 Å². The normalized spacial score (nSPS) is 17.5. The Balaban J connectivity index is 2.30. The molecule has 1 N–H and O–H groups in total. The molecular weight excluding hydrogens is 286 g/mol. The Hall–Kier alpha value is -1.04. The molecule has 1 aromatic heterocycles. The molecule has 118 valence electrons. The number of nitrogens with zero attached hydrogens (tertiary/aromatic N) is 3. The first-order chi connectivity index (χ1) is 9.98. The van der Waals surface area contributed by atoms with Gasteiger partial charge >= 0.3 is 5.97 Å². The molecule has 0 saturated heterocycles. The highest BCUT2D eigenvalue weighted by molar-refractivity contribution is 7.99. The first kappa shape index (κ1) is 16.3. The van der Waals surface area contributed by atoms with E-state index < -0.39 is 5.97 Å². The van der Waals surface area contributed by atoms with Crippen LogP contribution in [0.25, 0.3) is 0 Å². The van der Waals surface area contributed by atoms with Crippen molar-refractivity contribution in [3.8, 4) is 0 Å². The van der Waals surface area contributed by atoms with E-state index in [0.29, 0.717) is 5.92 Å². The fourth-order valence-corrected chi connectivity index (χ4v) is 4.27. The van der Waals surface area contributed by atoms with Gasteiger partial charge in [0, 0.05) is 12.0 Å². The molecule has 1 saturated carbocycles. The highest BCUT2D eigenvalue weighted by atomic mass is 32.2. The topological polar surface area (TPSA) is 68.0 Å². The molecule has 0 aromatic carbocycles. The van der Waals surface area contributed by atoms with E-state index in [0.717, 1.165) is 23.9 Å². The summed E-state index contributed by atoms with van der Waals surface area (Å²) < 4.78 is 2.13. The fraction of sp³-hybridized carbons (Fsp3) is 0.800. The van der Waals surface area contributed by atoms with Crippen molar-refractivity contribution in [2.24, 2.45) is 5.92 Å². The summed E-state index contributed by atoms with van der Waals surface area (Å²) in [6.07, 6.45) is 5.98. The van der Waals surface area contributed by atoms with Crippen molar-refractivity contribution in [1.29, 1.82) is 0 Å². The second-order valence-corrected chi connectivity index (χ2v) is 7.26. The number of carbonyl (C=O) groups is 1. The lowest BCUT2D eigenvalue weighted by molar-refractivity contribution is -0.133. The van der Waals surface area contributed by atoms with Gasteiger partial charge in [-0.2, -0.15) is 0 Å². The van der Waals surface area contributed by atoms with Crippen molar-refractivity contribution >= 4 is 17.7 Å². The predicted molar refractivity (Wildman–Crippen MR) is 83.7 cm³/mol. The summed E-state index contributed by atoms with van der Waals surface area (Å²) in [4.78, 5) is 10.8. The minimum Gasteiger partial charge on any atom is -0.481 e. The minimum atomic E-state index is -0.815. The van der Waals surface area contributed by atoms with Crippen molar-refractivity contribution < 1.29 is 9.90 Å². The zero-order chi connectivity index (χ0) is 15.5. The Labute approximate surface area is 130 Å². The zero-order valence-corrected chi connectivity index (χ0v) is 13.9. The Morgan fingerprint density at radius 3 is 2.57 bits per heavy atom. The van der Waals surface area contributed by atoms with Crippen LogP contribution >= 0.6 is 11.8 Å². The van der Waals surface area contributed by atoms with Crippen molar-refractivity contribution in [3.63, 3.8) is 0 Å². The Bertz CT molecular complexity index is 493. The first-order valence-electron chi connectivity index (χ1n) is 7.77. The molecule has 1 fully saturated rings. The van der Waals surface area contributed by atoms with Crippen LogP contribution in [0.4, 0.5) is 0 Å². The number of aromatic nitrogens is 3. The zero-order valence-electron chi connectivity index (χ0n) is 13.1. The number of thioether (sulfide) groups is 1. The lowest BCUT2D eigenvalue weighted by Crippen LogP contribution is -2.29. The molecule has 6 heteroatoms. The van der Waals surface area contributed by atoms with E-state index in [4.69, 9.17) is 5.11 Å². The highest BCUT2D eigenvalue weighted by Crippen LogP contribution is 2.45. The van der Waals surface area contributed by atoms with E-state index >= 15 is 0 Å². The third-order valence-corrected chi connectivity index (χ3v) is 5.14. The molecule has 21 heavy (non-hydrogen) atoms. The van der Waals surface area contributed by atoms with Gasteiger partial charge in [-0.05, 0) is 32.1 Å². The molecule has 1 aliphatic rings. The van der Waals surface area contributed by atoms with E-state index in [1.807, 2.05) is 0 Å². The molecule has 0 radical (unpaired) electrons. The second kappa shape index (κ2) is 6.81. The van der Waals surface area contributed by atoms with Gasteiger partial charge in [0.05, 0.1) is 5.75 Å². The molecule has 2 rings (SSSR count). The first-order valence-corrected chi connectivity index (χ1v) is 8.75. The average Bonchev–Trinajstić information content (AvgIpc) is 3.02. The van der Waals surface area contributed by atoms with E-state index in [9.17, 15) is 4.79 Å². The molecule has 0 amide bonds. The molecule has 5 nitrogen and oxygen atoms in total. The Morgan fingerprint density at radius 2 is 2.05 bits per heavy atom. The quantitative estimate of drug-likeness (QED) is 0.782. The van der Waals surface area contributed by atoms with Gasteiger partial charge in [-0.3, -0.25) is 4.79 Å². The van der Waals surface area contributed by atoms with Crippen LogP contribution in [-0.4, -0.2) is 31.6 Å². The lowest BCUT2D eigenvalue weighted by Gasteiger charge is -2.30. The molecule has 1 aliphatic carbocycles. The third-order valence-electron chi connectivity index (χ3n) is 4.19. The van der Waals surface area contributed by atoms with Gasteiger partial charge in [0.15, 0.2) is 5.16 Å². The summed E-state index contributed by atoms with van der Waals surface area (Å²) in [6.45, 7) is 7.39. The van der Waals surface area contributed by atoms with Crippen LogP contribution in [0.1, 0.15) is 58.7 Å². The summed E-state index contributed by atoms with van der Waals surface area (Å²) in [6, 6.07) is 0. The number of hydrogen-bond acceptors (Lipinski definition) is 4. The van der Waals surface area contributed by atoms with Crippen molar-refractivity contribution in [2.75, 3.05) is 5.75 Å². The van der Waals surface area contributed by atoms with Gasteiger partial charge in [0.25, 0.3) is 0 Å². The summed E-state index contributed by atoms with van der Waals surface area (Å²) in [7, 11) is 0. The van der Waals surface area contributed by atoms with Gasteiger partial charge in [0.2, 0.25) is 0 Å². The van der Waals surface area contributed by atoms with E-state index in [2.05, 4.69) is 35.5 Å². The van der Waals surface area contributed by atoms with Gasteiger partial charge in [-0.1, -0.05) is 38.5 Å². The maximum absolute atomic E-state index is 10.8. The summed E-state index contributed by atoms with van der Waals surface area (Å²) >= 11 is 1.27. The summed E-state index contributed by atoms with van der Waals surface area (Å²) in [5.41, 5.74) is 0.138. The van der Waals surface area contributed by atoms with Crippen LogP contribution < -0.4 is 0 Å². The molecule has 0 bridgehead atoms. The van der Waals surface area contributed by atoms with Crippen LogP contribution in [-0.2, 0) is 16.8 Å². The standard InChI is InChI=1S/C15H25N3O2S/c1-4-18-13(16-17-14(18)21-10-12(19)20)15(9-11(2)3)7-5-6-8-15/h11H,4-10H2,1-3H3,(H,19,20). The van der Waals surface area contributed by atoms with Crippen molar-refractivity contribution in [3.05, 3.63) is 5.82 Å². The number of rotatable bonds is 7. The third kappa shape index (κ3) is 3.59. The molecular formula is C15H25N3O2S. The molecule has 0 spiro atoms. The highest BCUT2D eigenvalue weighted by Gasteiger charge is 2.40. The number of carboxylic acid groups (broad SMARTS) is 1. The summed E-state index contributed by atoms with van der Waals surface area (Å²) in [5, 5.41) is 18.3. The number of hydrogen-bond donors (Lipinski definition) is 1. The second-order valence-electron chi connectivity index (χ2n) is 6.32. The smallest absolute Gasteiger partial charge is 0.313 e. The Kier molecular flexibility index (Phi) is 5.30. The SMILES string of the molecule is CCn1c(SCC(=O)O)nnc1C1(CC(C)C)CCCC1. The maximum atomic E-state index is 10.8. The van der Waals surface area contributed by atoms with E-state index in [1.165, 1.54) is 37.4 Å². The molecule has 0 aliphatic heterocycles. The molecule has 1 heterocycles. The minimum absolute atomic E-state index is 0.0370. The average molecular weight is 311 g/mol. The number of aliphatic carboxylic acids is 1. The number of carboxylic acids is 1. The van der Waals surface area contributed by atoms with Crippen LogP contribution in [0.5, 0.6) is 0 Å². The van der Waals surface area contributed by atoms with Crippen molar-refractivity contribution in [2.45, 2.75) is 70.0 Å². The predicted octanol–water partition coefficient (Wildman–Crippen LogP) is 3.33. The summed E-state index contributed by atoms with van der Waals surface area (Å²) in [5.74, 6) is 0.921. The van der Waals surface area contributed by atoms with E-state index in [1.54, 1.807) is 0 Å². The molecule has 0 atom stereocenters. The van der Waals surface area contributed by atoms with Crippen molar-refractivity contribution in [1.82, 2.24) is 14.8 Å². The maximum Gasteiger partial charge on any atom is 0.313 e. The Morgan fingerprint density at radius 1 is 1.38 bits per heavy atom. The fourth-order valence-electron chi connectivity index (χ4n) is 3.55. The molecule has 0 unspecified atom stereocenters. The van der Waals surface area contributed by atoms with Gasteiger partial charge in [-0.15, -0.1) is 10.2 Å². The van der Waals surface area contributed by atoms with Crippen LogP contribution in [0.3, 0.4) is 0 Å². The molecule has 1 aromatic rings. The lowest BCUT2D eigenvalue weighted by atomic mass is 9.77. The van der Waals surface area contributed by atoms with Gasteiger partial charge in [0.1, 0.15) is 5.82 Å². The van der Waals surface area contributed by atoms with Crippen LogP contribution in [0, 0.1) is 5.92 Å². The monoisotopic (exact) mass is 311 g/mol. The van der Waals surface area contributed by atoms with Gasteiger partial charge in [-0.25, -0.2) is 0 Å². The van der Waals surface area contributed by atoms with Crippen LogP contribution in [0.2, 0.25) is 0 Å². The van der Waals surface area contributed by atoms with E-state index in [-0.39, 0.29) is 11.2 Å². The van der Waals surface area contributed by atoms with Crippen LogP contribution in [0.15, 0.2) is 5.16 Å².